The van der Waals surface area contributed by atoms with Gasteiger partial charge in [0.2, 0.25) is 5.91 Å². The molecule has 3 nitrogen and oxygen atoms in total. The average molecular weight is 293 g/mol. The second-order valence-corrected chi connectivity index (χ2v) is 6.30. The molecule has 1 aromatic rings. The van der Waals surface area contributed by atoms with Gasteiger partial charge < -0.3 is 10.1 Å². The van der Waals surface area contributed by atoms with E-state index < -0.39 is 0 Å². The van der Waals surface area contributed by atoms with Crippen LogP contribution in [0.25, 0.3) is 0 Å². The van der Waals surface area contributed by atoms with Crippen molar-refractivity contribution in [1.82, 2.24) is 5.32 Å². The van der Waals surface area contributed by atoms with Crippen molar-refractivity contribution in [1.29, 1.82) is 0 Å². The number of rotatable bonds is 7. The lowest BCUT2D eigenvalue weighted by molar-refractivity contribution is -0.126. The Balaban J connectivity index is 1.69. The number of para-hydroxylation sites is 1. The van der Waals surface area contributed by atoms with Gasteiger partial charge in [-0.05, 0) is 42.4 Å². The first kappa shape index (κ1) is 15.2. The van der Waals surface area contributed by atoms with Gasteiger partial charge in [-0.25, -0.2) is 0 Å². The smallest absolute Gasteiger partial charge is 0.226 e. The minimum absolute atomic E-state index is 0.0480. The number of carbonyl (C=O) groups excluding carboxylic acids is 1. The third-order valence-corrected chi connectivity index (χ3v) is 4.64. The number of ether oxygens (including phenoxy) is 1. The topological polar surface area (TPSA) is 38.3 Å². The highest BCUT2D eigenvalue weighted by Crippen LogP contribution is 2.26. The zero-order valence-corrected chi connectivity index (χ0v) is 12.9. The Labute approximate surface area is 125 Å². The molecule has 1 aliphatic heterocycles. The van der Waals surface area contributed by atoms with Crippen molar-refractivity contribution >= 4 is 17.7 Å². The first-order chi connectivity index (χ1) is 9.81. The van der Waals surface area contributed by atoms with E-state index >= 15 is 0 Å². The van der Waals surface area contributed by atoms with Gasteiger partial charge in [0.1, 0.15) is 12.4 Å². The standard InChI is InChI=1S/C16H23NO2S/c1-2-9-20-10-5-8-17-16(18)14-11-13-6-3-4-7-15(13)19-12-14/h3-4,6-7,14H,2,5,8-12H2,1H3,(H,17,18). The summed E-state index contributed by atoms with van der Waals surface area (Å²) >= 11 is 1.96. The second kappa shape index (κ2) is 8.20. The van der Waals surface area contributed by atoms with Crippen LogP contribution in [0.3, 0.4) is 0 Å². The monoisotopic (exact) mass is 293 g/mol. The zero-order chi connectivity index (χ0) is 14.2. The first-order valence-corrected chi connectivity index (χ1v) is 8.53. The van der Waals surface area contributed by atoms with Crippen LogP contribution in [-0.2, 0) is 11.2 Å². The predicted octanol–water partition coefficient (Wildman–Crippen LogP) is 2.89. The zero-order valence-electron chi connectivity index (χ0n) is 12.1. The Kier molecular flexibility index (Phi) is 6.25. The van der Waals surface area contributed by atoms with E-state index in [2.05, 4.69) is 12.2 Å². The number of nitrogens with one attached hydrogen (secondary N) is 1. The molecule has 1 heterocycles. The van der Waals surface area contributed by atoms with Gasteiger partial charge >= 0.3 is 0 Å². The Bertz CT molecular complexity index is 436. The van der Waals surface area contributed by atoms with Crippen LogP contribution in [0.5, 0.6) is 5.75 Å². The number of hydrogen-bond acceptors (Lipinski definition) is 3. The average Bonchev–Trinajstić information content (AvgIpc) is 2.50. The minimum Gasteiger partial charge on any atom is -0.492 e. The molecule has 4 heteroatoms. The SMILES string of the molecule is CCCSCCCNC(=O)C1COc2ccccc2C1. The van der Waals surface area contributed by atoms with Crippen molar-refractivity contribution in [2.75, 3.05) is 24.7 Å². The molecule has 1 atom stereocenters. The molecule has 1 aliphatic rings. The third-order valence-electron chi connectivity index (χ3n) is 3.36. The van der Waals surface area contributed by atoms with E-state index in [1.165, 1.54) is 12.2 Å². The van der Waals surface area contributed by atoms with Crippen LogP contribution in [0, 0.1) is 5.92 Å². The van der Waals surface area contributed by atoms with Crippen molar-refractivity contribution in [2.45, 2.75) is 26.2 Å². The quantitative estimate of drug-likeness (QED) is 0.786. The number of benzene rings is 1. The summed E-state index contributed by atoms with van der Waals surface area (Å²) in [6, 6.07) is 7.96. The highest BCUT2D eigenvalue weighted by atomic mass is 32.2. The summed E-state index contributed by atoms with van der Waals surface area (Å²) in [7, 11) is 0. The molecule has 0 bridgehead atoms. The maximum Gasteiger partial charge on any atom is 0.226 e. The highest BCUT2D eigenvalue weighted by Gasteiger charge is 2.25. The van der Waals surface area contributed by atoms with E-state index in [-0.39, 0.29) is 11.8 Å². The minimum atomic E-state index is -0.0480. The normalized spacial score (nSPS) is 17.1. The molecule has 0 fully saturated rings. The third kappa shape index (κ3) is 4.44. The molecule has 0 aliphatic carbocycles. The summed E-state index contributed by atoms with van der Waals surface area (Å²) in [5.74, 6) is 3.33. The van der Waals surface area contributed by atoms with Crippen molar-refractivity contribution in [3.63, 3.8) is 0 Å². The fraction of sp³-hybridized carbons (Fsp3) is 0.562. The largest absolute Gasteiger partial charge is 0.492 e. The molecule has 0 saturated carbocycles. The summed E-state index contributed by atoms with van der Waals surface area (Å²) in [6.07, 6.45) is 3.04. The maximum absolute atomic E-state index is 12.1. The Morgan fingerprint density at radius 1 is 1.40 bits per heavy atom. The van der Waals surface area contributed by atoms with Gasteiger partial charge in [0, 0.05) is 6.54 Å². The summed E-state index contributed by atoms with van der Waals surface area (Å²) in [5.41, 5.74) is 1.14. The Morgan fingerprint density at radius 2 is 2.25 bits per heavy atom. The molecule has 1 amide bonds. The molecule has 1 N–H and O–H groups in total. The number of carbonyl (C=O) groups is 1. The van der Waals surface area contributed by atoms with Gasteiger partial charge in [0.15, 0.2) is 0 Å². The molecular weight excluding hydrogens is 270 g/mol. The van der Waals surface area contributed by atoms with Crippen LogP contribution in [-0.4, -0.2) is 30.6 Å². The number of hydrogen-bond donors (Lipinski definition) is 1. The summed E-state index contributed by atoms with van der Waals surface area (Å²) in [4.78, 5) is 12.1. The second-order valence-electron chi connectivity index (χ2n) is 5.08. The first-order valence-electron chi connectivity index (χ1n) is 7.37. The molecular formula is C16H23NO2S. The summed E-state index contributed by atoms with van der Waals surface area (Å²) in [5, 5.41) is 3.03. The Morgan fingerprint density at radius 3 is 3.10 bits per heavy atom. The van der Waals surface area contributed by atoms with Gasteiger partial charge in [-0.1, -0.05) is 25.1 Å². The van der Waals surface area contributed by atoms with Crippen LogP contribution in [0.15, 0.2) is 24.3 Å². The predicted molar refractivity (Wildman–Crippen MR) is 84.4 cm³/mol. The number of fused-ring (bicyclic) bond motifs is 1. The van der Waals surface area contributed by atoms with Crippen molar-refractivity contribution in [3.05, 3.63) is 29.8 Å². The van der Waals surface area contributed by atoms with Gasteiger partial charge in [-0.3, -0.25) is 4.79 Å². The van der Waals surface area contributed by atoms with Crippen LogP contribution in [0.1, 0.15) is 25.3 Å². The lowest BCUT2D eigenvalue weighted by Gasteiger charge is -2.24. The van der Waals surface area contributed by atoms with Crippen LogP contribution in [0.4, 0.5) is 0 Å². The van der Waals surface area contributed by atoms with Crippen molar-refractivity contribution in [3.8, 4) is 5.75 Å². The van der Waals surface area contributed by atoms with Gasteiger partial charge in [-0.2, -0.15) is 11.8 Å². The number of thioether (sulfide) groups is 1. The summed E-state index contributed by atoms with van der Waals surface area (Å²) < 4.78 is 5.65. The van der Waals surface area contributed by atoms with E-state index in [9.17, 15) is 4.79 Å². The van der Waals surface area contributed by atoms with Crippen LogP contribution < -0.4 is 10.1 Å². The molecule has 0 spiro atoms. The van der Waals surface area contributed by atoms with E-state index in [1.807, 2.05) is 36.0 Å². The van der Waals surface area contributed by atoms with Gasteiger partial charge in [0.05, 0.1) is 5.92 Å². The molecule has 2 rings (SSSR count). The van der Waals surface area contributed by atoms with E-state index in [0.717, 1.165) is 36.5 Å². The molecule has 0 radical (unpaired) electrons. The van der Waals surface area contributed by atoms with Crippen molar-refractivity contribution in [2.24, 2.45) is 5.92 Å². The lowest BCUT2D eigenvalue weighted by atomic mass is 9.96. The molecule has 20 heavy (non-hydrogen) atoms. The Hall–Kier alpha value is -1.16. The molecule has 0 saturated heterocycles. The van der Waals surface area contributed by atoms with Crippen molar-refractivity contribution < 1.29 is 9.53 Å². The van der Waals surface area contributed by atoms with Gasteiger partial charge in [-0.15, -0.1) is 0 Å². The van der Waals surface area contributed by atoms with Crippen LogP contribution in [0.2, 0.25) is 0 Å². The van der Waals surface area contributed by atoms with E-state index in [1.54, 1.807) is 0 Å². The van der Waals surface area contributed by atoms with Crippen LogP contribution >= 0.6 is 11.8 Å². The molecule has 1 unspecified atom stereocenters. The van der Waals surface area contributed by atoms with E-state index in [0.29, 0.717) is 6.61 Å². The molecule has 0 aromatic heterocycles. The molecule has 1 aromatic carbocycles. The number of amides is 1. The van der Waals surface area contributed by atoms with Gasteiger partial charge in [0.25, 0.3) is 0 Å². The maximum atomic E-state index is 12.1. The molecule has 110 valence electrons. The fourth-order valence-electron chi connectivity index (χ4n) is 2.27. The highest BCUT2D eigenvalue weighted by molar-refractivity contribution is 7.99. The fourth-order valence-corrected chi connectivity index (χ4v) is 3.11. The van der Waals surface area contributed by atoms with E-state index in [4.69, 9.17) is 4.74 Å². The summed E-state index contributed by atoms with van der Waals surface area (Å²) in [6.45, 7) is 3.46. The lowest BCUT2D eigenvalue weighted by Crippen LogP contribution is -2.37.